The minimum absolute atomic E-state index is 0.00257. The summed E-state index contributed by atoms with van der Waals surface area (Å²) in [5, 5.41) is 0. The van der Waals surface area contributed by atoms with Crippen molar-refractivity contribution in [3.05, 3.63) is 0 Å². The summed E-state index contributed by atoms with van der Waals surface area (Å²) in [5.41, 5.74) is 6.14. The van der Waals surface area contributed by atoms with E-state index in [4.69, 9.17) is 5.73 Å². The van der Waals surface area contributed by atoms with Crippen molar-refractivity contribution in [3.8, 4) is 0 Å². The van der Waals surface area contributed by atoms with Crippen molar-refractivity contribution in [2.24, 2.45) is 17.6 Å². The lowest BCUT2D eigenvalue weighted by Gasteiger charge is -2.25. The van der Waals surface area contributed by atoms with Crippen molar-refractivity contribution < 1.29 is 4.79 Å². The Morgan fingerprint density at radius 3 is 2.20 bits per heavy atom. The highest BCUT2D eigenvalue weighted by atomic mass is 16.2. The minimum Gasteiger partial charge on any atom is -0.331 e. The van der Waals surface area contributed by atoms with Gasteiger partial charge in [-0.05, 0) is 31.6 Å². The van der Waals surface area contributed by atoms with Gasteiger partial charge in [0.2, 0.25) is 0 Å². The highest BCUT2D eigenvalue weighted by Crippen LogP contribution is 2.42. The lowest BCUT2D eigenvalue weighted by molar-refractivity contribution is 0.176. The molecule has 0 aromatic carbocycles. The van der Waals surface area contributed by atoms with Crippen LogP contribution in [0.2, 0.25) is 0 Å². The van der Waals surface area contributed by atoms with E-state index < -0.39 is 0 Å². The molecule has 1 aliphatic heterocycles. The maximum Gasteiger partial charge on any atom is 0.319 e. The first-order chi connectivity index (χ1) is 6.89. The molecule has 2 N–H and O–H groups in total. The average molecular weight is 211 g/mol. The van der Waals surface area contributed by atoms with Crippen molar-refractivity contribution >= 4 is 6.03 Å². The van der Waals surface area contributed by atoms with Gasteiger partial charge in [-0.25, -0.2) is 4.79 Å². The number of likely N-dealkylation sites (tertiary alicyclic amines) is 1. The third kappa shape index (κ3) is 1.95. The van der Waals surface area contributed by atoms with Gasteiger partial charge in [0.15, 0.2) is 0 Å². The molecule has 0 bridgehead atoms. The smallest absolute Gasteiger partial charge is 0.319 e. The Kier molecular flexibility index (Phi) is 2.41. The first-order valence-electron chi connectivity index (χ1n) is 5.64. The molecule has 0 radical (unpaired) electrons. The van der Waals surface area contributed by atoms with E-state index in [1.165, 1.54) is 0 Å². The van der Waals surface area contributed by atoms with Crippen LogP contribution < -0.4 is 5.73 Å². The van der Waals surface area contributed by atoms with E-state index in [9.17, 15) is 4.79 Å². The van der Waals surface area contributed by atoms with Crippen LogP contribution in [0.25, 0.3) is 0 Å². The zero-order chi connectivity index (χ0) is 11.2. The van der Waals surface area contributed by atoms with Crippen LogP contribution in [-0.4, -0.2) is 48.6 Å². The maximum atomic E-state index is 11.8. The molecule has 0 spiro atoms. The van der Waals surface area contributed by atoms with E-state index in [2.05, 4.69) is 6.92 Å². The summed E-state index contributed by atoms with van der Waals surface area (Å²) in [6.07, 6.45) is 2.13. The van der Waals surface area contributed by atoms with E-state index in [1.807, 2.05) is 19.0 Å². The zero-order valence-electron chi connectivity index (χ0n) is 9.86. The molecule has 4 heteroatoms. The summed E-state index contributed by atoms with van der Waals surface area (Å²) in [6, 6.07) is 0.142. The Bertz CT molecular complexity index is 259. The fourth-order valence-corrected chi connectivity index (χ4v) is 3.12. The van der Waals surface area contributed by atoms with E-state index >= 15 is 0 Å². The fourth-order valence-electron chi connectivity index (χ4n) is 3.12. The van der Waals surface area contributed by atoms with Gasteiger partial charge in [0, 0.05) is 32.7 Å². The summed E-state index contributed by atoms with van der Waals surface area (Å²) in [7, 11) is 3.62. The highest BCUT2D eigenvalue weighted by Gasteiger charge is 2.46. The monoisotopic (exact) mass is 211 g/mol. The molecule has 2 unspecified atom stereocenters. The molecule has 2 fully saturated rings. The molecule has 0 aromatic heterocycles. The molecule has 1 heterocycles. The lowest BCUT2D eigenvalue weighted by Crippen LogP contribution is -2.40. The van der Waals surface area contributed by atoms with Gasteiger partial charge in [0.25, 0.3) is 0 Å². The number of rotatable bonds is 0. The normalized spacial score (nSPS) is 39.3. The van der Waals surface area contributed by atoms with Crippen molar-refractivity contribution in [2.75, 3.05) is 27.2 Å². The molecule has 2 amide bonds. The predicted octanol–water partition coefficient (Wildman–Crippen LogP) is 0.727. The second kappa shape index (κ2) is 3.37. The van der Waals surface area contributed by atoms with E-state index in [0.717, 1.165) is 25.9 Å². The molecular formula is C11H21N3O. The molecule has 2 aliphatic rings. The highest BCUT2D eigenvalue weighted by molar-refractivity contribution is 5.74. The first-order valence-corrected chi connectivity index (χ1v) is 5.64. The Labute approximate surface area is 91.4 Å². The molecule has 0 aromatic rings. The van der Waals surface area contributed by atoms with Crippen LogP contribution in [0.1, 0.15) is 19.8 Å². The molecule has 4 nitrogen and oxygen atoms in total. The van der Waals surface area contributed by atoms with Gasteiger partial charge in [-0.3, -0.25) is 0 Å². The topological polar surface area (TPSA) is 49.6 Å². The van der Waals surface area contributed by atoms with Crippen LogP contribution in [0.15, 0.2) is 0 Å². The summed E-state index contributed by atoms with van der Waals surface area (Å²) >= 11 is 0. The number of amides is 2. The molecule has 1 saturated heterocycles. The summed E-state index contributed by atoms with van der Waals surface area (Å²) in [4.78, 5) is 15.4. The average Bonchev–Trinajstić information content (AvgIpc) is 2.55. The summed E-state index contributed by atoms with van der Waals surface area (Å²) in [6.45, 7) is 3.92. The van der Waals surface area contributed by atoms with E-state index in [1.54, 1.807) is 4.90 Å². The Morgan fingerprint density at radius 2 is 1.80 bits per heavy atom. The molecule has 2 atom stereocenters. The number of hydrogen-bond donors (Lipinski definition) is 1. The van der Waals surface area contributed by atoms with Gasteiger partial charge in [-0.15, -0.1) is 0 Å². The van der Waals surface area contributed by atoms with Gasteiger partial charge >= 0.3 is 6.03 Å². The number of nitrogens with two attached hydrogens (primary N) is 1. The van der Waals surface area contributed by atoms with Crippen LogP contribution in [-0.2, 0) is 0 Å². The van der Waals surface area contributed by atoms with E-state index in [0.29, 0.717) is 11.8 Å². The van der Waals surface area contributed by atoms with Crippen molar-refractivity contribution in [2.45, 2.75) is 25.3 Å². The Morgan fingerprint density at radius 1 is 1.33 bits per heavy atom. The van der Waals surface area contributed by atoms with Crippen molar-refractivity contribution in [1.29, 1.82) is 0 Å². The summed E-state index contributed by atoms with van der Waals surface area (Å²) in [5.74, 6) is 1.26. The predicted molar refractivity (Wildman–Crippen MR) is 59.5 cm³/mol. The number of carbonyl (C=O) groups excluding carboxylic acids is 1. The second-order valence-electron chi connectivity index (χ2n) is 5.66. The molecule has 2 rings (SSSR count). The Hall–Kier alpha value is -0.770. The lowest BCUT2D eigenvalue weighted by atomic mass is 10.00. The fraction of sp³-hybridized carbons (Fsp3) is 0.909. The maximum absolute atomic E-state index is 11.8. The van der Waals surface area contributed by atoms with Gasteiger partial charge < -0.3 is 15.5 Å². The molecule has 1 saturated carbocycles. The number of fused-ring (bicyclic) bond motifs is 1. The largest absolute Gasteiger partial charge is 0.331 e. The number of hydrogen-bond acceptors (Lipinski definition) is 2. The summed E-state index contributed by atoms with van der Waals surface area (Å²) < 4.78 is 0. The van der Waals surface area contributed by atoms with Crippen molar-refractivity contribution in [3.63, 3.8) is 0 Å². The van der Waals surface area contributed by atoms with Crippen LogP contribution in [0, 0.1) is 11.8 Å². The van der Waals surface area contributed by atoms with Gasteiger partial charge in [-0.1, -0.05) is 0 Å². The van der Waals surface area contributed by atoms with Crippen LogP contribution in [0.5, 0.6) is 0 Å². The Balaban J connectivity index is 1.97. The number of nitrogens with zero attached hydrogens (tertiary/aromatic N) is 2. The van der Waals surface area contributed by atoms with E-state index in [-0.39, 0.29) is 11.6 Å². The number of urea groups is 1. The van der Waals surface area contributed by atoms with Crippen LogP contribution >= 0.6 is 0 Å². The van der Waals surface area contributed by atoms with Crippen molar-refractivity contribution in [1.82, 2.24) is 9.80 Å². The van der Waals surface area contributed by atoms with Crippen LogP contribution in [0.3, 0.4) is 0 Å². The standard InChI is InChI=1S/C11H21N3O/c1-11(12)4-8-6-14(7-9(8)5-11)10(15)13(2)3/h8-9H,4-7,12H2,1-3H3. The van der Waals surface area contributed by atoms with Gasteiger partial charge in [0.05, 0.1) is 0 Å². The zero-order valence-corrected chi connectivity index (χ0v) is 9.86. The third-order valence-corrected chi connectivity index (χ3v) is 3.69. The van der Waals surface area contributed by atoms with Gasteiger partial charge in [-0.2, -0.15) is 0 Å². The molecule has 1 aliphatic carbocycles. The molecule has 15 heavy (non-hydrogen) atoms. The molecule has 86 valence electrons. The van der Waals surface area contributed by atoms with Crippen LogP contribution in [0.4, 0.5) is 4.79 Å². The third-order valence-electron chi connectivity index (χ3n) is 3.69. The molecular weight excluding hydrogens is 190 g/mol. The number of carbonyl (C=O) groups is 1. The SMILES string of the molecule is CN(C)C(=O)N1CC2CC(C)(N)CC2C1. The minimum atomic E-state index is 0.00257. The van der Waals surface area contributed by atoms with Gasteiger partial charge in [0.1, 0.15) is 0 Å². The second-order valence-corrected chi connectivity index (χ2v) is 5.66. The first kappa shape index (κ1) is 10.7. The quantitative estimate of drug-likeness (QED) is 0.642.